The summed E-state index contributed by atoms with van der Waals surface area (Å²) in [7, 11) is 0. The lowest BCUT2D eigenvalue weighted by atomic mass is 10.3. The van der Waals surface area contributed by atoms with Crippen LogP contribution in [0.4, 0.5) is 0 Å². The van der Waals surface area contributed by atoms with Gasteiger partial charge in [0.2, 0.25) is 5.69 Å². The Morgan fingerprint density at radius 1 is 1.15 bits per heavy atom. The molecule has 0 amide bonds. The van der Waals surface area contributed by atoms with Crippen LogP contribution in [0.15, 0.2) is 48.8 Å². The number of benzene rings is 1. The molecule has 1 nitrogen and oxygen atoms in total. The van der Waals surface area contributed by atoms with Gasteiger partial charge in [0, 0.05) is 30.3 Å². The zero-order valence-electron chi connectivity index (χ0n) is 6.94. The maximum absolute atomic E-state index is 5.83. The second-order valence-corrected chi connectivity index (χ2v) is 3.08. The molecule has 0 aliphatic rings. The fourth-order valence-corrected chi connectivity index (χ4v) is 1.33. The van der Waals surface area contributed by atoms with Crippen LogP contribution in [0.3, 0.4) is 0 Å². The lowest BCUT2D eigenvalue weighted by molar-refractivity contribution is -0.595. The van der Waals surface area contributed by atoms with Gasteiger partial charge in [-0.25, -0.2) is 0 Å². The van der Waals surface area contributed by atoms with E-state index in [1.807, 2.05) is 53.4 Å². The highest BCUT2D eigenvalue weighted by atomic mass is 35.5. The quantitative estimate of drug-likeness (QED) is 0.607. The second kappa shape index (κ2) is 3.58. The molecular weight excluding hydrogens is 182 g/mol. The van der Waals surface area contributed by atoms with E-state index in [-0.39, 0.29) is 0 Å². The van der Waals surface area contributed by atoms with Crippen LogP contribution in [0.1, 0.15) is 0 Å². The van der Waals surface area contributed by atoms with Crippen LogP contribution >= 0.6 is 11.6 Å². The van der Waals surface area contributed by atoms with Crippen molar-refractivity contribution in [3.05, 3.63) is 59.9 Å². The van der Waals surface area contributed by atoms with Crippen molar-refractivity contribution in [2.24, 2.45) is 0 Å². The highest BCUT2D eigenvalue weighted by Crippen LogP contribution is 2.08. The van der Waals surface area contributed by atoms with E-state index in [0.29, 0.717) is 5.02 Å². The van der Waals surface area contributed by atoms with Crippen LogP contribution in [0.2, 0.25) is 5.02 Å². The molecule has 2 heteroatoms. The number of hydrogen-bond donors (Lipinski definition) is 0. The molecule has 2 rings (SSSR count). The molecule has 0 aliphatic heterocycles. The Morgan fingerprint density at radius 2 is 1.92 bits per heavy atom. The van der Waals surface area contributed by atoms with Crippen LogP contribution in [0.5, 0.6) is 0 Å². The molecule has 0 aliphatic carbocycles. The average Bonchev–Trinajstić information content (AvgIpc) is 2.19. The molecule has 1 aromatic carbocycles. The van der Waals surface area contributed by atoms with Gasteiger partial charge in [-0.15, -0.1) is 0 Å². The molecule has 0 atom stereocenters. The summed E-state index contributed by atoms with van der Waals surface area (Å²) in [5.41, 5.74) is 1.05. The molecule has 0 saturated heterocycles. The zero-order chi connectivity index (χ0) is 9.10. The molecule has 0 unspecified atom stereocenters. The fourth-order valence-electron chi connectivity index (χ4n) is 1.16. The van der Waals surface area contributed by atoms with Crippen LogP contribution in [0, 0.1) is 6.07 Å². The molecule has 0 saturated carbocycles. The molecule has 2 aromatic rings. The third-order valence-corrected chi connectivity index (χ3v) is 1.98. The molecular formula is C11H8ClN+. The van der Waals surface area contributed by atoms with Crippen LogP contribution in [-0.2, 0) is 0 Å². The normalized spacial score (nSPS) is 9.92. The van der Waals surface area contributed by atoms with Crippen molar-refractivity contribution in [1.82, 2.24) is 0 Å². The van der Waals surface area contributed by atoms with Crippen molar-refractivity contribution in [2.75, 3.05) is 0 Å². The number of pyridine rings is 1. The maximum atomic E-state index is 5.83. The number of nitrogens with zero attached hydrogens (tertiary/aromatic N) is 1. The molecule has 63 valence electrons. The molecule has 0 spiro atoms. The third-order valence-electron chi connectivity index (χ3n) is 1.76. The Bertz CT molecular complexity index is 398. The van der Waals surface area contributed by atoms with Crippen LogP contribution in [0.25, 0.3) is 5.69 Å². The van der Waals surface area contributed by atoms with Gasteiger partial charge in [-0.3, -0.25) is 0 Å². The Morgan fingerprint density at radius 3 is 2.62 bits per heavy atom. The molecule has 0 N–H and O–H groups in total. The Labute approximate surface area is 82.2 Å². The average molecular weight is 190 g/mol. The monoisotopic (exact) mass is 189 g/mol. The van der Waals surface area contributed by atoms with Gasteiger partial charge < -0.3 is 0 Å². The minimum absolute atomic E-state index is 0.633. The standard InChI is InChI=1S/C11H8ClN/c12-10-5-4-6-11(9-10)13-7-2-1-3-8-13/h1-4,6-9H/q+1. The Balaban J connectivity index is 2.48. The summed E-state index contributed by atoms with van der Waals surface area (Å²) in [6, 6.07) is 14.5. The largest absolute Gasteiger partial charge is 0.212 e. The van der Waals surface area contributed by atoms with Crippen molar-refractivity contribution < 1.29 is 4.57 Å². The summed E-state index contributed by atoms with van der Waals surface area (Å²) < 4.78 is 2.00. The zero-order valence-corrected chi connectivity index (χ0v) is 7.70. The number of rotatable bonds is 1. The fraction of sp³-hybridized carbons (Fsp3) is 0. The highest BCUT2D eigenvalue weighted by molar-refractivity contribution is 6.30. The Kier molecular flexibility index (Phi) is 2.28. The predicted octanol–water partition coefficient (Wildman–Crippen LogP) is 2.42. The van der Waals surface area contributed by atoms with Gasteiger partial charge in [-0.05, 0) is 6.07 Å². The van der Waals surface area contributed by atoms with E-state index in [9.17, 15) is 0 Å². The first kappa shape index (κ1) is 8.27. The first-order valence-electron chi connectivity index (χ1n) is 4.00. The van der Waals surface area contributed by atoms with E-state index in [2.05, 4.69) is 6.07 Å². The minimum atomic E-state index is 0.633. The van der Waals surface area contributed by atoms with E-state index < -0.39 is 0 Å². The topological polar surface area (TPSA) is 3.88 Å². The van der Waals surface area contributed by atoms with Crippen molar-refractivity contribution in [3.8, 4) is 5.69 Å². The lowest BCUT2D eigenvalue weighted by Gasteiger charge is -1.94. The van der Waals surface area contributed by atoms with Gasteiger partial charge in [0.1, 0.15) is 0 Å². The van der Waals surface area contributed by atoms with E-state index in [1.54, 1.807) is 0 Å². The molecule has 1 heterocycles. The number of halogens is 1. The van der Waals surface area contributed by atoms with Crippen molar-refractivity contribution >= 4 is 11.6 Å². The number of hydrogen-bond acceptors (Lipinski definition) is 0. The molecule has 0 fully saturated rings. The van der Waals surface area contributed by atoms with Gasteiger partial charge in [-0.2, -0.15) is 4.57 Å². The van der Waals surface area contributed by atoms with E-state index in [1.165, 1.54) is 0 Å². The summed E-state index contributed by atoms with van der Waals surface area (Å²) in [5.74, 6) is 0. The van der Waals surface area contributed by atoms with Gasteiger partial charge in [0.15, 0.2) is 12.4 Å². The van der Waals surface area contributed by atoms with E-state index in [0.717, 1.165) is 5.69 Å². The van der Waals surface area contributed by atoms with Crippen molar-refractivity contribution in [2.45, 2.75) is 0 Å². The summed E-state index contributed by atoms with van der Waals surface area (Å²) in [4.78, 5) is 0. The molecule has 0 bridgehead atoms. The van der Waals surface area contributed by atoms with Gasteiger partial charge in [-0.1, -0.05) is 17.7 Å². The summed E-state index contributed by atoms with van der Waals surface area (Å²) in [6.07, 6.45) is 3.96. The van der Waals surface area contributed by atoms with Gasteiger partial charge in [0.05, 0.1) is 5.02 Å². The summed E-state index contributed by atoms with van der Waals surface area (Å²) in [5, 5.41) is 0.633. The minimum Gasteiger partial charge on any atom is -0.167 e. The third kappa shape index (κ3) is 1.87. The van der Waals surface area contributed by atoms with Gasteiger partial charge in [0.25, 0.3) is 0 Å². The molecule has 1 radical (unpaired) electrons. The second-order valence-electron chi connectivity index (χ2n) is 2.68. The maximum Gasteiger partial charge on any atom is 0.212 e. The number of aromatic nitrogens is 1. The molecule has 1 aromatic heterocycles. The predicted molar refractivity (Wildman–Crippen MR) is 51.8 cm³/mol. The van der Waals surface area contributed by atoms with Crippen LogP contribution < -0.4 is 4.57 Å². The van der Waals surface area contributed by atoms with Gasteiger partial charge >= 0.3 is 0 Å². The highest BCUT2D eigenvalue weighted by Gasteiger charge is 2.03. The summed E-state index contributed by atoms with van der Waals surface area (Å²) >= 11 is 5.83. The van der Waals surface area contributed by atoms with Crippen molar-refractivity contribution in [1.29, 1.82) is 0 Å². The van der Waals surface area contributed by atoms with E-state index >= 15 is 0 Å². The van der Waals surface area contributed by atoms with Crippen molar-refractivity contribution in [3.63, 3.8) is 0 Å². The van der Waals surface area contributed by atoms with Crippen LogP contribution in [-0.4, -0.2) is 0 Å². The van der Waals surface area contributed by atoms with E-state index in [4.69, 9.17) is 11.6 Å². The Hall–Kier alpha value is -1.34. The first-order valence-corrected chi connectivity index (χ1v) is 4.38. The SMILES string of the molecule is Clc1[c]ccc(-[n+]2ccccc2)c1. The lowest BCUT2D eigenvalue weighted by Crippen LogP contribution is -2.28. The summed E-state index contributed by atoms with van der Waals surface area (Å²) in [6.45, 7) is 0. The first-order chi connectivity index (χ1) is 6.36. The molecule has 13 heavy (non-hydrogen) atoms. The smallest absolute Gasteiger partial charge is 0.167 e.